The molecule has 1 aliphatic rings. The minimum Gasteiger partial charge on any atom is -0.554 e. The van der Waals surface area contributed by atoms with Gasteiger partial charge in [0.2, 0.25) is 5.82 Å². The normalized spacial score (nSPS) is 13.5. The molecule has 0 saturated carbocycles. The van der Waals surface area contributed by atoms with Gasteiger partial charge < -0.3 is 29.3 Å². The number of anilines is 2. The maximum atomic E-state index is 15.0. The van der Waals surface area contributed by atoms with Gasteiger partial charge in [0, 0.05) is 48.8 Å². The number of quaternary nitrogens is 1. The van der Waals surface area contributed by atoms with E-state index < -0.39 is 24.7 Å². The number of hydrogen-bond acceptors (Lipinski definition) is 8. The molecule has 1 N–H and O–H groups in total. The van der Waals surface area contributed by atoms with E-state index >= 15 is 0 Å². The number of nitrogens with zero attached hydrogens (tertiary/aromatic N) is 6. The molecule has 4 aromatic rings. The van der Waals surface area contributed by atoms with E-state index in [0.717, 1.165) is 48.2 Å². The number of aromatic nitrogens is 3. The average molecular weight is 634 g/mol. The third kappa shape index (κ3) is 7.94. The van der Waals surface area contributed by atoms with Gasteiger partial charge >= 0.3 is 0 Å². The summed E-state index contributed by atoms with van der Waals surface area (Å²) in [7, 11) is 6.63. The molecule has 1 fully saturated rings. The van der Waals surface area contributed by atoms with Crippen LogP contribution in [-0.4, -0.2) is 83.5 Å². The van der Waals surface area contributed by atoms with Gasteiger partial charge in [-0.15, -0.1) is 0 Å². The number of likely N-dealkylation sites (tertiary alicyclic amines) is 1. The second kappa shape index (κ2) is 14.8. The first kappa shape index (κ1) is 33.8. The molecule has 0 bridgehead atoms. The van der Waals surface area contributed by atoms with Crippen molar-refractivity contribution >= 4 is 29.5 Å². The average Bonchev–Trinajstić information content (AvgIpc) is 3.46. The van der Waals surface area contributed by atoms with Crippen molar-refractivity contribution in [3.8, 4) is 23.1 Å². The molecule has 0 aliphatic carbocycles. The lowest BCUT2D eigenvalue weighted by Crippen LogP contribution is -2.41. The molecule has 0 atom stereocenters. The maximum Gasteiger partial charge on any atom is 0.254 e. The minimum atomic E-state index is -1.18. The Morgan fingerprint density at radius 1 is 1.17 bits per heavy atom. The number of carbonyl (C=O) groups excluding carboxylic acids is 2. The fourth-order valence-electron chi connectivity index (χ4n) is 5.44. The van der Waals surface area contributed by atoms with E-state index in [9.17, 15) is 13.6 Å². The minimum absolute atomic E-state index is 0.0115. The van der Waals surface area contributed by atoms with Crippen LogP contribution in [0.5, 0.6) is 5.75 Å². The Kier molecular flexibility index (Phi) is 10.9. The summed E-state index contributed by atoms with van der Waals surface area (Å²) in [6.45, 7) is 3.70. The molecule has 242 valence electrons. The van der Waals surface area contributed by atoms with Crippen LogP contribution in [0.4, 0.5) is 20.3 Å². The van der Waals surface area contributed by atoms with E-state index in [1.165, 1.54) is 30.9 Å². The van der Waals surface area contributed by atoms with Crippen molar-refractivity contribution < 1.29 is 32.7 Å². The van der Waals surface area contributed by atoms with E-state index in [1.54, 1.807) is 16.7 Å². The predicted octanol–water partition coefficient (Wildman–Crippen LogP) is 3.94. The summed E-state index contributed by atoms with van der Waals surface area (Å²) in [6.07, 6.45) is 7.82. The van der Waals surface area contributed by atoms with Crippen LogP contribution in [-0.2, 0) is 4.79 Å². The van der Waals surface area contributed by atoms with Crippen molar-refractivity contribution in [1.29, 1.82) is 5.26 Å². The topological polar surface area (TPSA) is 136 Å². The van der Waals surface area contributed by atoms with Crippen molar-refractivity contribution in [2.45, 2.75) is 26.2 Å². The van der Waals surface area contributed by atoms with Crippen LogP contribution in [0.1, 0.15) is 35.2 Å². The molecule has 13 heteroatoms. The maximum absolute atomic E-state index is 15.0. The number of imidazole rings is 1. The zero-order valence-corrected chi connectivity index (χ0v) is 26.3. The fraction of sp³-hybridized carbons (Fsp3) is 0.364. The van der Waals surface area contributed by atoms with Crippen LogP contribution in [0.2, 0.25) is 0 Å². The van der Waals surface area contributed by atoms with Crippen molar-refractivity contribution in [2.24, 2.45) is 5.92 Å². The molecule has 46 heavy (non-hydrogen) atoms. The van der Waals surface area contributed by atoms with Crippen LogP contribution < -0.4 is 15.2 Å². The lowest BCUT2D eigenvalue weighted by Gasteiger charge is -2.34. The zero-order chi connectivity index (χ0) is 33.4. The highest BCUT2D eigenvalue weighted by Crippen LogP contribution is 2.32. The van der Waals surface area contributed by atoms with Gasteiger partial charge in [-0.05, 0) is 68.0 Å². The summed E-state index contributed by atoms with van der Waals surface area (Å²) in [6, 6.07) is 9.95. The van der Waals surface area contributed by atoms with E-state index in [-0.39, 0.29) is 17.2 Å². The lowest BCUT2D eigenvalue weighted by molar-refractivity contribution is -0.871. The molecule has 1 aliphatic heterocycles. The molecule has 0 radical (unpaired) electrons. The number of carboxylic acid groups (broad SMARTS) is 1. The Morgan fingerprint density at radius 3 is 2.54 bits per heavy atom. The number of halogens is 2. The SMILES string of the molecule is Cc1cc(Nc2nccn3c(-c4ccc(OCC#N)c(F)c4F)cnc23)ccc1C(=O)N1CCC(CC[N+](C)(C)C)CC1.O=C[O-]. The van der Waals surface area contributed by atoms with E-state index in [4.69, 9.17) is 19.9 Å². The van der Waals surface area contributed by atoms with Crippen molar-refractivity contribution in [1.82, 2.24) is 19.3 Å². The molecule has 2 aromatic heterocycles. The number of ether oxygens (including phenoxy) is 1. The number of rotatable bonds is 9. The molecule has 1 amide bonds. The number of nitrogens with one attached hydrogen (secondary N) is 1. The molecule has 0 unspecified atom stereocenters. The number of aryl methyl sites for hydroxylation is 1. The number of nitriles is 1. The number of benzene rings is 2. The smallest absolute Gasteiger partial charge is 0.254 e. The van der Waals surface area contributed by atoms with Crippen molar-refractivity contribution in [3.63, 3.8) is 0 Å². The number of piperidine rings is 1. The Hall–Kier alpha value is -5.09. The van der Waals surface area contributed by atoms with Gasteiger partial charge in [0.1, 0.15) is 6.07 Å². The second-order valence-electron chi connectivity index (χ2n) is 12.1. The number of fused-ring (bicyclic) bond motifs is 1. The molecule has 0 spiro atoms. The third-order valence-corrected chi connectivity index (χ3v) is 7.87. The van der Waals surface area contributed by atoms with E-state index in [1.807, 2.05) is 30.0 Å². The largest absolute Gasteiger partial charge is 0.554 e. The van der Waals surface area contributed by atoms with Crippen LogP contribution in [0.3, 0.4) is 0 Å². The quantitative estimate of drug-likeness (QED) is 0.216. The summed E-state index contributed by atoms with van der Waals surface area (Å²) in [4.78, 5) is 32.4. The van der Waals surface area contributed by atoms with Gasteiger partial charge in [-0.2, -0.15) is 9.65 Å². The summed E-state index contributed by atoms with van der Waals surface area (Å²) in [5.41, 5.74) is 2.95. The van der Waals surface area contributed by atoms with Crippen LogP contribution in [0, 0.1) is 35.8 Å². The Balaban J connectivity index is 0.00000154. The molecule has 5 rings (SSSR count). The molecule has 2 aromatic carbocycles. The fourth-order valence-corrected chi connectivity index (χ4v) is 5.44. The van der Waals surface area contributed by atoms with Crippen LogP contribution >= 0.6 is 0 Å². The number of amides is 1. The van der Waals surface area contributed by atoms with Crippen molar-refractivity contribution in [3.05, 3.63) is 71.7 Å². The van der Waals surface area contributed by atoms with Gasteiger partial charge in [-0.3, -0.25) is 9.20 Å². The number of carbonyl (C=O) groups is 2. The third-order valence-electron chi connectivity index (χ3n) is 7.87. The molecule has 1 saturated heterocycles. The Labute approximate surface area is 266 Å². The molecule has 3 heterocycles. The number of hydrogen-bond donors (Lipinski definition) is 1. The Bertz CT molecular complexity index is 1740. The van der Waals surface area contributed by atoms with Gasteiger partial charge in [0.25, 0.3) is 5.91 Å². The predicted molar refractivity (Wildman–Crippen MR) is 166 cm³/mol. The first-order chi connectivity index (χ1) is 22.0. The second-order valence-corrected chi connectivity index (χ2v) is 12.1. The highest BCUT2D eigenvalue weighted by Gasteiger charge is 2.26. The van der Waals surface area contributed by atoms with Crippen molar-refractivity contribution in [2.75, 3.05) is 52.7 Å². The first-order valence-corrected chi connectivity index (χ1v) is 14.8. The highest BCUT2D eigenvalue weighted by atomic mass is 19.2. The van der Waals surface area contributed by atoms with Gasteiger partial charge in [0.05, 0.1) is 39.6 Å². The first-order valence-electron chi connectivity index (χ1n) is 14.8. The summed E-state index contributed by atoms with van der Waals surface area (Å²) in [5.74, 6) is -1.50. The van der Waals surface area contributed by atoms with E-state index in [2.05, 4.69) is 36.4 Å². The monoisotopic (exact) mass is 633 g/mol. The van der Waals surface area contributed by atoms with Crippen LogP contribution in [0.25, 0.3) is 16.9 Å². The highest BCUT2D eigenvalue weighted by molar-refractivity contribution is 5.96. The summed E-state index contributed by atoms with van der Waals surface area (Å²) < 4.78 is 37.1. The Morgan fingerprint density at radius 2 is 1.89 bits per heavy atom. The summed E-state index contributed by atoms with van der Waals surface area (Å²) in [5, 5.41) is 20.2. The molecular formula is C33H37F2N7O4. The summed E-state index contributed by atoms with van der Waals surface area (Å²) >= 11 is 0. The van der Waals surface area contributed by atoms with Gasteiger partial charge in [-0.25, -0.2) is 14.4 Å². The zero-order valence-electron chi connectivity index (χ0n) is 26.3. The van der Waals surface area contributed by atoms with Crippen LogP contribution in [0.15, 0.2) is 48.9 Å². The van der Waals surface area contributed by atoms with Gasteiger partial charge in [0.15, 0.2) is 29.6 Å². The standard InChI is InChI=1S/C32H35F2N7O2.CH2O2/c1-21-19-23(5-6-24(21)32(42)39-14-9-22(10-15-39)11-17-41(2,3)4)38-30-31-37-20-26(40(31)16-13-36-30)25-7-8-27(43-18-12-35)29(34)28(25)33;2-1-3/h5-8,13,16,19-20,22H,9-11,14-15,17-18H2,1-4H3;1H,(H,2,3). The lowest BCUT2D eigenvalue weighted by atomic mass is 9.92. The van der Waals surface area contributed by atoms with Gasteiger partial charge in [-0.1, -0.05) is 0 Å². The molecule has 11 nitrogen and oxygen atoms in total. The molecular weight excluding hydrogens is 596 g/mol. The van der Waals surface area contributed by atoms with E-state index in [0.29, 0.717) is 28.6 Å².